The van der Waals surface area contributed by atoms with Gasteiger partial charge in [-0.25, -0.2) is 8.42 Å². The van der Waals surface area contributed by atoms with Gasteiger partial charge in [0.1, 0.15) is 0 Å². The van der Waals surface area contributed by atoms with Crippen LogP contribution in [0.1, 0.15) is 15.9 Å². The molecule has 0 aromatic heterocycles. The van der Waals surface area contributed by atoms with Crippen molar-refractivity contribution in [1.82, 2.24) is 0 Å². The van der Waals surface area contributed by atoms with Gasteiger partial charge in [0.15, 0.2) is 9.84 Å². The zero-order valence-corrected chi connectivity index (χ0v) is 15.2. The Hall–Kier alpha value is -1.89. The molecule has 0 spiro atoms. The number of carbonyl (C=O) groups is 1. The first kappa shape index (κ1) is 17.9. The molecule has 1 N–H and O–H groups in total. The van der Waals surface area contributed by atoms with Crippen LogP contribution in [0.2, 0.25) is 5.02 Å². The molecule has 2 atom stereocenters. The molecule has 25 heavy (non-hydrogen) atoms. The van der Waals surface area contributed by atoms with Crippen LogP contribution >= 0.6 is 11.6 Å². The highest BCUT2D eigenvalue weighted by molar-refractivity contribution is 7.91. The Bertz CT molecular complexity index is 878. The van der Waals surface area contributed by atoms with Crippen molar-refractivity contribution in [2.45, 2.75) is 19.1 Å². The number of anilines is 1. The van der Waals surface area contributed by atoms with Crippen LogP contribution in [0.5, 0.6) is 0 Å². The summed E-state index contributed by atoms with van der Waals surface area (Å²) in [5, 5.41) is 10.8. The highest BCUT2D eigenvalue weighted by atomic mass is 35.5. The maximum atomic E-state index is 13.1. The highest BCUT2D eigenvalue weighted by Gasteiger charge is 2.42. The first-order valence-electron chi connectivity index (χ1n) is 7.81. The summed E-state index contributed by atoms with van der Waals surface area (Å²) in [7, 11) is -3.39. The molecule has 1 fully saturated rings. The van der Waals surface area contributed by atoms with Crippen molar-refractivity contribution in [3.8, 4) is 0 Å². The Morgan fingerprint density at radius 3 is 2.20 bits per heavy atom. The van der Waals surface area contributed by atoms with E-state index >= 15 is 0 Å². The Balaban J connectivity index is 2.04. The monoisotopic (exact) mass is 379 g/mol. The van der Waals surface area contributed by atoms with Gasteiger partial charge in [-0.15, -0.1) is 0 Å². The van der Waals surface area contributed by atoms with Gasteiger partial charge in [0.05, 0.1) is 23.7 Å². The minimum atomic E-state index is -3.39. The van der Waals surface area contributed by atoms with Gasteiger partial charge in [-0.2, -0.15) is 0 Å². The zero-order valence-electron chi connectivity index (χ0n) is 13.6. The van der Waals surface area contributed by atoms with Crippen molar-refractivity contribution < 1.29 is 18.3 Å². The van der Waals surface area contributed by atoms with Gasteiger partial charge in [0.2, 0.25) is 0 Å². The average molecular weight is 380 g/mol. The summed E-state index contributed by atoms with van der Waals surface area (Å²) < 4.78 is 23.9. The molecule has 0 unspecified atom stereocenters. The number of carbonyl (C=O) groups excluding carboxylic acids is 1. The van der Waals surface area contributed by atoms with E-state index in [4.69, 9.17) is 11.6 Å². The Morgan fingerprint density at radius 1 is 1.08 bits per heavy atom. The van der Waals surface area contributed by atoms with Crippen molar-refractivity contribution in [3.63, 3.8) is 0 Å². The second kappa shape index (κ2) is 6.78. The van der Waals surface area contributed by atoms with Crippen LogP contribution in [-0.2, 0) is 9.84 Å². The quantitative estimate of drug-likeness (QED) is 0.888. The van der Waals surface area contributed by atoms with E-state index < -0.39 is 22.0 Å². The fraction of sp³-hybridized carbons (Fsp3) is 0.278. The topological polar surface area (TPSA) is 74.7 Å². The maximum Gasteiger partial charge on any atom is 0.258 e. The number of rotatable bonds is 3. The second-order valence-electron chi connectivity index (χ2n) is 6.23. The lowest BCUT2D eigenvalue weighted by atomic mass is 10.1. The van der Waals surface area contributed by atoms with Crippen LogP contribution < -0.4 is 4.90 Å². The van der Waals surface area contributed by atoms with Crippen LogP contribution in [0, 0.1) is 6.92 Å². The summed E-state index contributed by atoms with van der Waals surface area (Å²) in [4.78, 5) is 14.4. The summed E-state index contributed by atoms with van der Waals surface area (Å²) in [6, 6.07) is 12.7. The summed E-state index contributed by atoms with van der Waals surface area (Å²) in [6.07, 6.45) is -1.12. The van der Waals surface area contributed by atoms with Gasteiger partial charge >= 0.3 is 0 Å². The molecule has 1 aliphatic heterocycles. The van der Waals surface area contributed by atoms with Gasteiger partial charge in [0, 0.05) is 16.3 Å². The third-order valence-electron chi connectivity index (χ3n) is 4.25. The number of aryl methyl sites for hydroxylation is 1. The van der Waals surface area contributed by atoms with Crippen molar-refractivity contribution in [1.29, 1.82) is 0 Å². The lowest BCUT2D eigenvalue weighted by Crippen LogP contribution is -2.47. The van der Waals surface area contributed by atoms with Gasteiger partial charge in [-0.05, 0) is 43.3 Å². The number of hydrogen-bond acceptors (Lipinski definition) is 4. The van der Waals surface area contributed by atoms with E-state index in [1.807, 2.05) is 19.1 Å². The predicted molar refractivity (Wildman–Crippen MR) is 97.9 cm³/mol. The van der Waals surface area contributed by atoms with E-state index in [-0.39, 0.29) is 17.4 Å². The summed E-state index contributed by atoms with van der Waals surface area (Å²) in [5.74, 6) is -0.975. The molecule has 5 nitrogen and oxygen atoms in total. The minimum Gasteiger partial charge on any atom is -0.390 e. The first-order valence-corrected chi connectivity index (χ1v) is 10.0. The molecule has 7 heteroatoms. The Morgan fingerprint density at radius 2 is 1.68 bits per heavy atom. The van der Waals surface area contributed by atoms with Crippen LogP contribution in [0.3, 0.4) is 0 Å². The molecule has 0 bridgehead atoms. The summed E-state index contributed by atoms with van der Waals surface area (Å²) in [5.41, 5.74) is 1.94. The molecule has 1 amide bonds. The molecule has 0 radical (unpaired) electrons. The molecule has 0 saturated carbocycles. The fourth-order valence-electron chi connectivity index (χ4n) is 2.95. The zero-order chi connectivity index (χ0) is 18.2. The standard InChI is InChI=1S/C18H18ClNO4S/c1-12-2-8-15(9-3-12)20(16-10-25(23,24)11-17(16)21)18(22)13-4-6-14(19)7-5-13/h2-9,16-17,21H,10-11H2,1H3/t16-,17-/m0/s1. The van der Waals surface area contributed by atoms with E-state index in [1.165, 1.54) is 4.90 Å². The number of sulfone groups is 1. The number of aliphatic hydroxyl groups is 1. The molecule has 1 heterocycles. The average Bonchev–Trinajstić information content (AvgIpc) is 2.82. The largest absolute Gasteiger partial charge is 0.390 e. The summed E-state index contributed by atoms with van der Waals surface area (Å²) >= 11 is 5.87. The van der Waals surface area contributed by atoms with Gasteiger partial charge in [-0.1, -0.05) is 29.3 Å². The maximum absolute atomic E-state index is 13.1. The number of halogens is 1. The van der Waals surface area contributed by atoms with Crippen molar-refractivity contribution in [2.24, 2.45) is 0 Å². The second-order valence-corrected chi connectivity index (χ2v) is 8.82. The van der Waals surface area contributed by atoms with Crippen LogP contribution in [-0.4, -0.2) is 43.1 Å². The molecular weight excluding hydrogens is 362 g/mol. The predicted octanol–water partition coefficient (Wildman–Crippen LogP) is 2.45. The third-order valence-corrected chi connectivity index (χ3v) is 6.20. The normalized spacial score (nSPS) is 21.9. The number of amides is 1. The lowest BCUT2D eigenvalue weighted by Gasteiger charge is -2.30. The van der Waals surface area contributed by atoms with Crippen molar-refractivity contribution in [2.75, 3.05) is 16.4 Å². The van der Waals surface area contributed by atoms with Gasteiger partial charge in [-0.3, -0.25) is 4.79 Å². The van der Waals surface area contributed by atoms with Crippen LogP contribution in [0.15, 0.2) is 48.5 Å². The van der Waals surface area contributed by atoms with Gasteiger partial charge in [0.25, 0.3) is 5.91 Å². The molecule has 3 rings (SSSR count). The van der Waals surface area contributed by atoms with E-state index in [0.717, 1.165) is 5.56 Å². The number of aliphatic hydroxyl groups excluding tert-OH is 1. The molecule has 1 saturated heterocycles. The third kappa shape index (κ3) is 3.86. The molecule has 1 aliphatic rings. The first-order chi connectivity index (χ1) is 11.8. The van der Waals surface area contributed by atoms with Crippen molar-refractivity contribution in [3.05, 3.63) is 64.7 Å². The van der Waals surface area contributed by atoms with Crippen LogP contribution in [0.25, 0.3) is 0 Å². The van der Waals surface area contributed by atoms with Gasteiger partial charge < -0.3 is 10.0 Å². The lowest BCUT2D eigenvalue weighted by molar-refractivity contribution is 0.0945. The molecule has 2 aromatic rings. The molecule has 0 aliphatic carbocycles. The molecule has 2 aromatic carbocycles. The smallest absolute Gasteiger partial charge is 0.258 e. The van der Waals surface area contributed by atoms with E-state index in [9.17, 15) is 18.3 Å². The Kier molecular flexibility index (Phi) is 4.86. The highest BCUT2D eigenvalue weighted by Crippen LogP contribution is 2.27. The van der Waals surface area contributed by atoms with Crippen molar-refractivity contribution >= 4 is 33.0 Å². The van der Waals surface area contributed by atoms with E-state index in [1.54, 1.807) is 36.4 Å². The number of benzene rings is 2. The molecular formula is C18H18ClNO4S. The fourth-order valence-corrected chi connectivity index (χ4v) is 4.85. The van der Waals surface area contributed by atoms with E-state index in [2.05, 4.69) is 0 Å². The minimum absolute atomic E-state index is 0.263. The Labute approximate surface area is 151 Å². The SMILES string of the molecule is Cc1ccc(N(C(=O)c2ccc(Cl)cc2)[C@H]2CS(=O)(=O)C[C@@H]2O)cc1. The molecule has 132 valence electrons. The summed E-state index contributed by atoms with van der Waals surface area (Å²) in [6.45, 7) is 1.92. The number of hydrogen-bond donors (Lipinski definition) is 1. The van der Waals surface area contributed by atoms with Crippen LogP contribution in [0.4, 0.5) is 5.69 Å². The van der Waals surface area contributed by atoms with E-state index in [0.29, 0.717) is 16.3 Å². The number of nitrogens with zero attached hydrogens (tertiary/aromatic N) is 1.